The number of nitrogens with zero attached hydrogens (tertiary/aromatic N) is 4. The molecule has 0 aliphatic carbocycles. The number of amides is 2. The summed E-state index contributed by atoms with van der Waals surface area (Å²) in [6, 6.07) is 5.00. The molecule has 1 aliphatic heterocycles. The highest BCUT2D eigenvalue weighted by molar-refractivity contribution is 5.98. The smallest absolute Gasteiger partial charge is 0.433 e. The van der Waals surface area contributed by atoms with Gasteiger partial charge in [-0.15, -0.1) is 0 Å². The Morgan fingerprint density at radius 3 is 2.41 bits per heavy atom. The zero-order valence-electron chi connectivity index (χ0n) is 14.2. The average molecular weight is 374 g/mol. The molecule has 2 amide bonds. The van der Waals surface area contributed by atoms with E-state index in [9.17, 15) is 24.5 Å². The van der Waals surface area contributed by atoms with Crippen molar-refractivity contribution in [2.24, 2.45) is 0 Å². The number of pyridine rings is 1. The fourth-order valence-corrected chi connectivity index (χ4v) is 2.59. The predicted molar refractivity (Wildman–Crippen MR) is 87.6 cm³/mol. The molecule has 1 fully saturated rings. The van der Waals surface area contributed by atoms with Crippen LogP contribution in [0.5, 0.6) is 0 Å². The quantitative estimate of drug-likeness (QED) is 0.443. The van der Waals surface area contributed by atoms with Gasteiger partial charge in [0.15, 0.2) is 0 Å². The summed E-state index contributed by atoms with van der Waals surface area (Å²) in [5, 5.41) is 13.0. The zero-order chi connectivity index (χ0) is 19.6. The van der Waals surface area contributed by atoms with Crippen LogP contribution >= 0.6 is 0 Å². The largest absolute Gasteiger partial charge is 0.465 e. The van der Waals surface area contributed by atoms with E-state index in [0.717, 1.165) is 11.1 Å². The first-order valence-corrected chi connectivity index (χ1v) is 7.84. The Labute approximate surface area is 152 Å². The van der Waals surface area contributed by atoms with E-state index in [0.29, 0.717) is 6.42 Å². The molecule has 0 N–H and O–H groups in total. The number of hydrazine groups is 1. The third-order valence-corrected chi connectivity index (χ3v) is 3.89. The molecule has 3 heterocycles. The molecule has 140 valence electrons. The van der Waals surface area contributed by atoms with Gasteiger partial charge in [0.05, 0.1) is 18.7 Å². The molecule has 0 atom stereocenters. The van der Waals surface area contributed by atoms with Crippen molar-refractivity contribution in [1.29, 1.82) is 0 Å². The number of hydrogen-bond acceptors (Lipinski definition) is 8. The topological polar surface area (TPSA) is 136 Å². The lowest BCUT2D eigenvalue weighted by molar-refractivity contribution is -0.402. The summed E-state index contributed by atoms with van der Waals surface area (Å²) in [6.07, 6.45) is 1.73. The highest BCUT2D eigenvalue weighted by Gasteiger charge is 2.34. The molecule has 3 rings (SSSR count). The van der Waals surface area contributed by atoms with Crippen molar-refractivity contribution in [3.63, 3.8) is 0 Å². The second kappa shape index (κ2) is 7.23. The minimum absolute atomic E-state index is 0.0350. The number of hydrogen-bond donors (Lipinski definition) is 0. The maximum Gasteiger partial charge on any atom is 0.433 e. The molecule has 1 saturated heterocycles. The number of aromatic nitrogens is 1. The van der Waals surface area contributed by atoms with E-state index in [4.69, 9.17) is 4.42 Å². The lowest BCUT2D eigenvalue weighted by Crippen LogP contribution is -2.45. The van der Waals surface area contributed by atoms with Crippen LogP contribution in [0.3, 0.4) is 0 Å². The van der Waals surface area contributed by atoms with Gasteiger partial charge in [0.2, 0.25) is 5.76 Å². The number of carbonyl (C=O) groups is 3. The number of carbonyl (C=O) groups excluding carboxylic acids is 3. The van der Waals surface area contributed by atoms with Gasteiger partial charge in [-0.05, 0) is 24.6 Å². The van der Waals surface area contributed by atoms with Crippen molar-refractivity contribution in [3.05, 3.63) is 57.6 Å². The van der Waals surface area contributed by atoms with Gasteiger partial charge in [0.25, 0.3) is 5.91 Å². The number of rotatable bonds is 4. The summed E-state index contributed by atoms with van der Waals surface area (Å²) >= 11 is 0. The van der Waals surface area contributed by atoms with Gasteiger partial charge in [-0.3, -0.25) is 24.7 Å². The first-order chi connectivity index (χ1) is 12.9. The van der Waals surface area contributed by atoms with Gasteiger partial charge in [-0.2, -0.15) is 0 Å². The van der Waals surface area contributed by atoms with Crippen molar-refractivity contribution in [2.75, 3.05) is 20.2 Å². The third kappa shape index (κ3) is 3.47. The van der Waals surface area contributed by atoms with Gasteiger partial charge in [-0.1, -0.05) is 0 Å². The van der Waals surface area contributed by atoms with Gasteiger partial charge >= 0.3 is 17.8 Å². The number of ether oxygens (including phenoxy) is 1. The molecule has 2 aromatic heterocycles. The summed E-state index contributed by atoms with van der Waals surface area (Å²) in [6.45, 7) is 0.521. The van der Waals surface area contributed by atoms with Crippen LogP contribution in [0.25, 0.3) is 0 Å². The Kier molecular flexibility index (Phi) is 4.83. The monoisotopic (exact) mass is 374 g/mol. The molecule has 0 bridgehead atoms. The first-order valence-electron chi connectivity index (χ1n) is 7.84. The van der Waals surface area contributed by atoms with Gasteiger partial charge in [-0.25, -0.2) is 14.8 Å². The van der Waals surface area contributed by atoms with Crippen LogP contribution in [0.4, 0.5) is 5.88 Å². The van der Waals surface area contributed by atoms with Crippen molar-refractivity contribution >= 4 is 23.7 Å². The summed E-state index contributed by atoms with van der Waals surface area (Å²) in [7, 11) is 1.23. The zero-order valence-corrected chi connectivity index (χ0v) is 14.2. The van der Waals surface area contributed by atoms with Crippen LogP contribution in [0.15, 0.2) is 34.9 Å². The van der Waals surface area contributed by atoms with Gasteiger partial charge in [0.1, 0.15) is 10.6 Å². The summed E-state index contributed by atoms with van der Waals surface area (Å²) < 4.78 is 9.48. The van der Waals surface area contributed by atoms with E-state index in [2.05, 4.69) is 9.72 Å². The minimum Gasteiger partial charge on any atom is -0.465 e. The van der Waals surface area contributed by atoms with Crippen LogP contribution in [0, 0.1) is 10.1 Å². The standard InChI is InChI=1S/C16H14N4O7/c1-26-16(23)10-3-4-11(17-9-10)14(21)18-7-2-8-19(18)15(22)12-5-6-13(27-12)20(24)25/h3-6,9H,2,7-8H2,1H3. The maximum atomic E-state index is 12.7. The molecular formula is C16H14N4O7. The first kappa shape index (κ1) is 18.0. The molecule has 11 heteroatoms. The molecule has 27 heavy (non-hydrogen) atoms. The Balaban J connectivity index is 1.78. The SMILES string of the molecule is COC(=O)c1ccc(C(=O)N2CCCN2C(=O)c2ccc([N+](=O)[O-])o2)nc1. The van der Waals surface area contributed by atoms with Crippen LogP contribution in [0.1, 0.15) is 37.8 Å². The molecule has 0 unspecified atom stereocenters. The highest BCUT2D eigenvalue weighted by atomic mass is 16.6. The van der Waals surface area contributed by atoms with Crippen molar-refractivity contribution in [1.82, 2.24) is 15.0 Å². The summed E-state index contributed by atoms with van der Waals surface area (Å²) in [5.41, 5.74) is 0.221. The Morgan fingerprint density at radius 1 is 1.15 bits per heavy atom. The van der Waals surface area contributed by atoms with Crippen molar-refractivity contribution < 1.29 is 28.5 Å². The fraction of sp³-hybridized carbons (Fsp3) is 0.250. The van der Waals surface area contributed by atoms with E-state index in [1.165, 1.54) is 36.5 Å². The van der Waals surface area contributed by atoms with Crippen molar-refractivity contribution in [2.45, 2.75) is 6.42 Å². The molecule has 1 aliphatic rings. The number of esters is 1. The second-order valence-electron chi connectivity index (χ2n) is 5.53. The summed E-state index contributed by atoms with van der Waals surface area (Å²) in [4.78, 5) is 50.5. The van der Waals surface area contributed by atoms with Crippen LogP contribution in [-0.4, -0.2) is 57.9 Å². The maximum absolute atomic E-state index is 12.7. The average Bonchev–Trinajstić information content (AvgIpc) is 3.36. The van der Waals surface area contributed by atoms with Crippen LogP contribution in [-0.2, 0) is 4.74 Å². The fourth-order valence-electron chi connectivity index (χ4n) is 2.59. The van der Waals surface area contributed by atoms with Gasteiger partial charge in [0, 0.05) is 19.3 Å². The Morgan fingerprint density at radius 2 is 1.85 bits per heavy atom. The van der Waals surface area contributed by atoms with E-state index < -0.39 is 28.6 Å². The number of methoxy groups -OCH3 is 1. The Bertz CT molecular complexity index is 906. The molecule has 0 saturated carbocycles. The molecule has 2 aromatic rings. The second-order valence-corrected chi connectivity index (χ2v) is 5.53. The highest BCUT2D eigenvalue weighted by Crippen LogP contribution is 2.21. The Hall–Kier alpha value is -3.76. The third-order valence-electron chi connectivity index (χ3n) is 3.89. The van der Waals surface area contributed by atoms with E-state index in [1.54, 1.807) is 0 Å². The predicted octanol–water partition coefficient (Wildman–Crippen LogP) is 1.27. The number of nitro groups is 1. The molecule has 0 aromatic carbocycles. The lowest BCUT2D eigenvalue weighted by Gasteiger charge is -2.26. The summed E-state index contributed by atoms with van der Waals surface area (Å²) in [5.74, 6) is -2.59. The molecule has 0 spiro atoms. The lowest BCUT2D eigenvalue weighted by atomic mass is 10.2. The molecule has 11 nitrogen and oxygen atoms in total. The van der Waals surface area contributed by atoms with Crippen molar-refractivity contribution in [3.8, 4) is 0 Å². The molecule has 0 radical (unpaired) electrons. The van der Waals surface area contributed by atoms with Crippen LogP contribution in [0.2, 0.25) is 0 Å². The van der Waals surface area contributed by atoms with E-state index >= 15 is 0 Å². The normalized spacial score (nSPS) is 13.5. The number of furan rings is 1. The molecular weight excluding hydrogens is 360 g/mol. The van der Waals surface area contributed by atoms with Gasteiger partial charge < -0.3 is 9.15 Å². The van der Waals surface area contributed by atoms with E-state index in [1.807, 2.05) is 0 Å². The van der Waals surface area contributed by atoms with E-state index in [-0.39, 0.29) is 30.1 Å². The van der Waals surface area contributed by atoms with Crippen LogP contribution < -0.4 is 0 Å². The minimum atomic E-state index is -0.754.